The van der Waals surface area contributed by atoms with Gasteiger partial charge in [-0.25, -0.2) is 4.98 Å². The Balaban J connectivity index is 1.98. The van der Waals surface area contributed by atoms with Crippen molar-refractivity contribution in [3.8, 4) is 0 Å². The van der Waals surface area contributed by atoms with Crippen molar-refractivity contribution >= 4 is 17.7 Å². The second-order valence-electron chi connectivity index (χ2n) is 4.57. The van der Waals surface area contributed by atoms with E-state index in [0.29, 0.717) is 11.8 Å². The SMILES string of the molecule is COC(=O)C(C)(CSc1cnccn1)NC1CC1. The predicted octanol–water partition coefficient (Wildman–Crippen LogP) is 1.25. The minimum absolute atomic E-state index is 0.231. The van der Waals surface area contributed by atoms with Gasteiger partial charge in [-0.1, -0.05) is 0 Å². The van der Waals surface area contributed by atoms with Crippen LogP contribution in [0.2, 0.25) is 0 Å². The van der Waals surface area contributed by atoms with Gasteiger partial charge in [0.15, 0.2) is 0 Å². The van der Waals surface area contributed by atoms with Crippen molar-refractivity contribution < 1.29 is 9.53 Å². The quantitative estimate of drug-likeness (QED) is 0.618. The summed E-state index contributed by atoms with van der Waals surface area (Å²) in [5, 5.41) is 4.16. The summed E-state index contributed by atoms with van der Waals surface area (Å²) in [6.07, 6.45) is 7.22. The van der Waals surface area contributed by atoms with Gasteiger partial charge in [0.2, 0.25) is 0 Å². The molecule has 0 aliphatic heterocycles. The first kappa shape index (κ1) is 13.3. The number of esters is 1. The highest BCUT2D eigenvalue weighted by atomic mass is 32.2. The Bertz CT molecular complexity index is 411. The smallest absolute Gasteiger partial charge is 0.326 e. The number of methoxy groups -OCH3 is 1. The average molecular weight is 267 g/mol. The lowest BCUT2D eigenvalue weighted by Gasteiger charge is -2.27. The Kier molecular flexibility index (Phi) is 4.19. The molecule has 1 atom stereocenters. The van der Waals surface area contributed by atoms with Crippen LogP contribution in [0.15, 0.2) is 23.6 Å². The van der Waals surface area contributed by atoms with Crippen molar-refractivity contribution in [2.24, 2.45) is 0 Å². The molecule has 1 aliphatic carbocycles. The summed E-state index contributed by atoms with van der Waals surface area (Å²) in [5.41, 5.74) is -0.669. The minimum atomic E-state index is -0.669. The number of carbonyl (C=O) groups is 1. The first-order valence-electron chi connectivity index (χ1n) is 5.89. The maximum absolute atomic E-state index is 11.9. The number of hydrogen-bond acceptors (Lipinski definition) is 6. The van der Waals surface area contributed by atoms with Crippen LogP contribution >= 0.6 is 11.8 Å². The van der Waals surface area contributed by atoms with Crippen molar-refractivity contribution in [1.29, 1.82) is 0 Å². The van der Waals surface area contributed by atoms with E-state index >= 15 is 0 Å². The molecule has 6 heteroatoms. The van der Waals surface area contributed by atoms with Crippen LogP contribution in [-0.4, -0.2) is 40.4 Å². The predicted molar refractivity (Wildman–Crippen MR) is 69.3 cm³/mol. The van der Waals surface area contributed by atoms with E-state index in [0.717, 1.165) is 17.9 Å². The molecular weight excluding hydrogens is 250 g/mol. The maximum atomic E-state index is 11.9. The summed E-state index contributed by atoms with van der Waals surface area (Å²) in [5.74, 6) is 0.347. The lowest BCUT2D eigenvalue weighted by molar-refractivity contribution is -0.147. The minimum Gasteiger partial charge on any atom is -0.468 e. The summed E-state index contributed by atoms with van der Waals surface area (Å²) in [7, 11) is 1.42. The fourth-order valence-corrected chi connectivity index (χ4v) is 2.55. The van der Waals surface area contributed by atoms with Gasteiger partial charge in [-0.2, -0.15) is 0 Å². The number of aromatic nitrogens is 2. The fraction of sp³-hybridized carbons (Fsp3) is 0.583. The molecule has 0 amide bonds. The number of nitrogens with one attached hydrogen (secondary N) is 1. The molecule has 5 nitrogen and oxygen atoms in total. The molecule has 2 rings (SSSR count). The Labute approximate surface area is 111 Å². The second kappa shape index (κ2) is 5.67. The molecule has 1 N–H and O–H groups in total. The van der Waals surface area contributed by atoms with Crippen molar-refractivity contribution in [2.45, 2.75) is 36.4 Å². The van der Waals surface area contributed by atoms with Crippen LogP contribution in [0, 0.1) is 0 Å². The van der Waals surface area contributed by atoms with Crippen LogP contribution in [0.1, 0.15) is 19.8 Å². The molecule has 1 unspecified atom stereocenters. The fourth-order valence-electron chi connectivity index (χ4n) is 1.64. The van der Waals surface area contributed by atoms with E-state index in [1.807, 2.05) is 6.92 Å². The van der Waals surface area contributed by atoms with Gasteiger partial charge < -0.3 is 4.74 Å². The van der Waals surface area contributed by atoms with E-state index in [1.54, 1.807) is 18.6 Å². The Morgan fingerprint density at radius 3 is 2.94 bits per heavy atom. The zero-order valence-electron chi connectivity index (χ0n) is 10.5. The molecule has 1 fully saturated rings. The maximum Gasteiger partial charge on any atom is 0.326 e. The number of ether oxygens (including phenoxy) is 1. The molecule has 1 aromatic rings. The van der Waals surface area contributed by atoms with E-state index in [2.05, 4.69) is 15.3 Å². The molecule has 0 aromatic carbocycles. The molecule has 0 bridgehead atoms. The van der Waals surface area contributed by atoms with Crippen molar-refractivity contribution in [3.05, 3.63) is 18.6 Å². The molecule has 1 aliphatic rings. The number of rotatable bonds is 6. The van der Waals surface area contributed by atoms with Crippen LogP contribution in [0.25, 0.3) is 0 Å². The monoisotopic (exact) mass is 267 g/mol. The van der Waals surface area contributed by atoms with Gasteiger partial charge in [0.25, 0.3) is 0 Å². The van der Waals surface area contributed by atoms with E-state index in [-0.39, 0.29) is 5.97 Å². The average Bonchev–Trinajstić information content (AvgIpc) is 3.20. The Morgan fingerprint density at radius 2 is 2.39 bits per heavy atom. The summed E-state index contributed by atoms with van der Waals surface area (Å²) >= 11 is 1.50. The number of carbonyl (C=O) groups excluding carboxylic acids is 1. The Hall–Kier alpha value is -1.14. The van der Waals surface area contributed by atoms with Gasteiger partial charge >= 0.3 is 5.97 Å². The van der Waals surface area contributed by atoms with Gasteiger partial charge in [0, 0.05) is 24.2 Å². The van der Waals surface area contributed by atoms with Crippen LogP contribution in [-0.2, 0) is 9.53 Å². The highest BCUT2D eigenvalue weighted by Crippen LogP contribution is 2.27. The second-order valence-corrected chi connectivity index (χ2v) is 5.57. The van der Waals surface area contributed by atoms with Crippen LogP contribution in [0.4, 0.5) is 0 Å². The highest BCUT2D eigenvalue weighted by Gasteiger charge is 2.39. The molecule has 0 radical (unpaired) electrons. The molecule has 0 saturated heterocycles. The highest BCUT2D eigenvalue weighted by molar-refractivity contribution is 7.99. The van der Waals surface area contributed by atoms with Crippen molar-refractivity contribution in [2.75, 3.05) is 12.9 Å². The van der Waals surface area contributed by atoms with Crippen LogP contribution in [0.5, 0.6) is 0 Å². The summed E-state index contributed by atoms with van der Waals surface area (Å²) in [6.45, 7) is 1.88. The molecule has 1 heterocycles. The van der Waals surface area contributed by atoms with Gasteiger partial charge in [-0.05, 0) is 19.8 Å². The summed E-state index contributed by atoms with van der Waals surface area (Å²) < 4.78 is 4.88. The van der Waals surface area contributed by atoms with Crippen LogP contribution < -0.4 is 5.32 Å². The topological polar surface area (TPSA) is 64.1 Å². The normalized spacial score (nSPS) is 18.1. The lowest BCUT2D eigenvalue weighted by Crippen LogP contribution is -2.53. The molecule has 98 valence electrons. The number of thioether (sulfide) groups is 1. The van der Waals surface area contributed by atoms with Gasteiger partial charge in [-0.3, -0.25) is 15.1 Å². The molecule has 1 aromatic heterocycles. The van der Waals surface area contributed by atoms with E-state index in [1.165, 1.54) is 18.9 Å². The molecule has 0 spiro atoms. The third-order valence-corrected chi connectivity index (χ3v) is 4.01. The lowest BCUT2D eigenvalue weighted by atomic mass is 10.1. The van der Waals surface area contributed by atoms with Gasteiger partial charge in [0.1, 0.15) is 10.6 Å². The number of nitrogens with zero attached hydrogens (tertiary/aromatic N) is 2. The zero-order chi connectivity index (χ0) is 13.0. The standard InChI is InChI=1S/C12H17N3O2S/c1-12(11(16)17-2,15-9-3-4-9)8-18-10-7-13-5-6-14-10/h5-7,9,15H,3-4,8H2,1-2H3. The summed E-state index contributed by atoms with van der Waals surface area (Å²) in [6, 6.07) is 0.441. The van der Waals surface area contributed by atoms with E-state index < -0.39 is 5.54 Å². The zero-order valence-corrected chi connectivity index (χ0v) is 11.4. The first-order valence-corrected chi connectivity index (χ1v) is 6.87. The third-order valence-electron chi connectivity index (χ3n) is 2.78. The van der Waals surface area contributed by atoms with E-state index in [9.17, 15) is 4.79 Å². The molecular formula is C12H17N3O2S. The molecule has 1 saturated carbocycles. The first-order chi connectivity index (χ1) is 8.64. The van der Waals surface area contributed by atoms with Gasteiger partial charge in [0.05, 0.1) is 13.3 Å². The Morgan fingerprint density at radius 1 is 1.61 bits per heavy atom. The number of hydrogen-bond donors (Lipinski definition) is 1. The van der Waals surface area contributed by atoms with Gasteiger partial charge in [-0.15, -0.1) is 11.8 Å². The van der Waals surface area contributed by atoms with E-state index in [4.69, 9.17) is 4.74 Å². The van der Waals surface area contributed by atoms with Crippen molar-refractivity contribution in [1.82, 2.24) is 15.3 Å². The van der Waals surface area contributed by atoms with Crippen LogP contribution in [0.3, 0.4) is 0 Å². The summed E-state index contributed by atoms with van der Waals surface area (Å²) in [4.78, 5) is 20.1. The van der Waals surface area contributed by atoms with Crippen molar-refractivity contribution in [3.63, 3.8) is 0 Å². The largest absolute Gasteiger partial charge is 0.468 e. The molecule has 18 heavy (non-hydrogen) atoms. The third kappa shape index (κ3) is 3.43.